The lowest BCUT2D eigenvalue weighted by atomic mass is 9.85. The number of piperidine rings is 3. The number of carboxylic acid groups (broad SMARTS) is 2. The number of carboxylic acids is 2. The maximum absolute atomic E-state index is 14.4. The summed E-state index contributed by atoms with van der Waals surface area (Å²) in [6.45, 7) is 4.94. The quantitative estimate of drug-likeness (QED) is 0.0692. The number of aromatic nitrogens is 1. The molecular formula is C50H49ClN6O10S2. The van der Waals surface area contributed by atoms with Gasteiger partial charge < -0.3 is 30.2 Å². The molecule has 2 aromatic heterocycles. The molecule has 4 aliphatic rings. The summed E-state index contributed by atoms with van der Waals surface area (Å²) >= 11 is 7.45. The van der Waals surface area contributed by atoms with Crippen molar-refractivity contribution in [2.75, 3.05) is 41.4 Å². The lowest BCUT2D eigenvalue weighted by Crippen LogP contribution is -2.55. The van der Waals surface area contributed by atoms with Crippen LogP contribution in [0.1, 0.15) is 89.4 Å². The predicted octanol–water partition coefficient (Wildman–Crippen LogP) is 8.20. The van der Waals surface area contributed by atoms with Gasteiger partial charge in [0.1, 0.15) is 16.9 Å². The van der Waals surface area contributed by atoms with Crippen molar-refractivity contribution in [3.8, 4) is 16.2 Å². The molecule has 5 N–H and O–H groups in total. The minimum Gasteiger partial charge on any atom is -0.479 e. The molecule has 10 rings (SSSR count). The van der Waals surface area contributed by atoms with Gasteiger partial charge in [-0.15, -0.1) is 11.3 Å². The maximum atomic E-state index is 14.4. The van der Waals surface area contributed by atoms with Crippen molar-refractivity contribution in [2.45, 2.75) is 81.7 Å². The Bertz CT molecular complexity index is 3230. The first-order valence-electron chi connectivity index (χ1n) is 22.8. The number of aliphatic carboxylic acids is 1. The number of carbonyl (C=O) groups excluding carboxylic acids is 3. The third-order valence-electron chi connectivity index (χ3n) is 13.9. The SMILES string of the molecule is CC1(C)CC(Nc2cccc(-c3sc(C(=O)O)c(OCC(=O)O)c3Cl)c2)CCN1S(=O)(=O)Cc1cccc2[nH]c(N3CCC(c4ccc5c6c(cccc46)C(=O)N5C4CCC(=O)NC4=O)CC3)cc12. The summed E-state index contributed by atoms with van der Waals surface area (Å²) in [5.41, 5.74) is 4.61. The van der Waals surface area contributed by atoms with Gasteiger partial charge in [0.25, 0.3) is 5.91 Å². The van der Waals surface area contributed by atoms with E-state index in [-0.39, 0.29) is 58.0 Å². The van der Waals surface area contributed by atoms with E-state index in [0.29, 0.717) is 46.6 Å². The predicted molar refractivity (Wildman–Crippen MR) is 264 cm³/mol. The molecule has 3 amide bonds. The van der Waals surface area contributed by atoms with E-state index < -0.39 is 46.1 Å². The summed E-state index contributed by atoms with van der Waals surface area (Å²) in [4.78, 5) is 69.2. The summed E-state index contributed by atoms with van der Waals surface area (Å²) in [6.07, 6.45) is 3.23. The summed E-state index contributed by atoms with van der Waals surface area (Å²) in [5.74, 6) is -2.77. The molecule has 2 unspecified atom stereocenters. The van der Waals surface area contributed by atoms with Crippen molar-refractivity contribution in [3.63, 3.8) is 0 Å². The van der Waals surface area contributed by atoms with E-state index in [9.17, 15) is 37.5 Å². The van der Waals surface area contributed by atoms with Crippen molar-refractivity contribution in [1.82, 2.24) is 14.6 Å². The Balaban J connectivity index is 0.799. The lowest BCUT2D eigenvalue weighted by molar-refractivity contribution is -0.139. The number of nitrogens with one attached hydrogen (secondary N) is 3. The monoisotopic (exact) mass is 992 g/mol. The Hall–Kier alpha value is -6.47. The van der Waals surface area contributed by atoms with Crippen LogP contribution in [0.5, 0.6) is 5.75 Å². The third kappa shape index (κ3) is 8.57. The van der Waals surface area contributed by atoms with Crippen LogP contribution in [0.2, 0.25) is 5.02 Å². The number of hydrogen-bond acceptors (Lipinski definition) is 11. The number of hydrogen-bond donors (Lipinski definition) is 5. The molecular weight excluding hydrogens is 944 g/mol. The van der Waals surface area contributed by atoms with Gasteiger partial charge in [0.15, 0.2) is 17.2 Å². The number of halogens is 1. The van der Waals surface area contributed by atoms with E-state index in [4.69, 9.17) is 21.4 Å². The van der Waals surface area contributed by atoms with E-state index in [1.165, 1.54) is 0 Å². The number of sulfonamides is 1. The highest BCUT2D eigenvalue weighted by Crippen LogP contribution is 2.47. The summed E-state index contributed by atoms with van der Waals surface area (Å²) in [7, 11) is -3.78. The number of aromatic carboxylic acids is 1. The molecule has 19 heteroatoms. The van der Waals surface area contributed by atoms with Gasteiger partial charge in [-0.3, -0.25) is 24.6 Å². The van der Waals surface area contributed by atoms with Crippen LogP contribution in [0.25, 0.3) is 32.1 Å². The smallest absolute Gasteiger partial charge is 0.349 e. The molecule has 0 radical (unpaired) electrons. The molecule has 16 nitrogen and oxygen atoms in total. The first kappa shape index (κ1) is 46.3. The van der Waals surface area contributed by atoms with Crippen LogP contribution >= 0.6 is 22.9 Å². The Kier molecular flexibility index (Phi) is 11.9. The molecule has 6 aromatic rings. The zero-order valence-electron chi connectivity index (χ0n) is 37.7. The number of carbonyl (C=O) groups is 5. The molecule has 3 saturated heterocycles. The molecule has 6 heterocycles. The molecule has 358 valence electrons. The average Bonchev–Trinajstić information content (AvgIpc) is 3.98. The summed E-state index contributed by atoms with van der Waals surface area (Å²) in [6, 6.07) is 24.0. The Labute approximate surface area is 406 Å². The number of amides is 3. The van der Waals surface area contributed by atoms with Crippen LogP contribution in [0.3, 0.4) is 0 Å². The first-order chi connectivity index (χ1) is 33.0. The minimum atomic E-state index is -3.78. The molecule has 0 saturated carbocycles. The number of anilines is 3. The maximum Gasteiger partial charge on any atom is 0.349 e. The van der Waals surface area contributed by atoms with Gasteiger partial charge in [-0.25, -0.2) is 18.0 Å². The Morgan fingerprint density at radius 2 is 1.70 bits per heavy atom. The summed E-state index contributed by atoms with van der Waals surface area (Å²) < 4.78 is 35.6. The second kappa shape index (κ2) is 17.8. The fourth-order valence-electron chi connectivity index (χ4n) is 10.8. The number of benzene rings is 4. The molecule has 0 aliphatic carbocycles. The van der Waals surface area contributed by atoms with Crippen molar-refractivity contribution in [1.29, 1.82) is 0 Å². The molecule has 4 aromatic carbocycles. The zero-order valence-corrected chi connectivity index (χ0v) is 40.1. The molecule has 0 bridgehead atoms. The largest absolute Gasteiger partial charge is 0.479 e. The number of fused-ring (bicyclic) bond motifs is 1. The van der Waals surface area contributed by atoms with Gasteiger partial charge in [-0.2, -0.15) is 4.31 Å². The average molecular weight is 994 g/mol. The van der Waals surface area contributed by atoms with E-state index >= 15 is 0 Å². The number of thiophene rings is 1. The van der Waals surface area contributed by atoms with Gasteiger partial charge in [-0.05, 0) is 110 Å². The van der Waals surface area contributed by atoms with Gasteiger partial charge in [0.05, 0.1) is 16.3 Å². The fraction of sp³-hybridized carbons (Fsp3) is 0.340. The van der Waals surface area contributed by atoms with Crippen LogP contribution in [0.15, 0.2) is 78.9 Å². The topological polar surface area (TPSA) is 219 Å². The highest BCUT2D eigenvalue weighted by molar-refractivity contribution is 7.88. The second-order valence-corrected chi connectivity index (χ2v) is 22.1. The van der Waals surface area contributed by atoms with E-state index in [1.807, 2.05) is 62.4 Å². The first-order valence-corrected chi connectivity index (χ1v) is 25.6. The molecule has 4 aliphatic heterocycles. The number of nitrogens with zero attached hydrogens (tertiary/aromatic N) is 3. The van der Waals surface area contributed by atoms with Crippen LogP contribution in [-0.2, 0) is 30.2 Å². The van der Waals surface area contributed by atoms with Crippen molar-refractivity contribution >= 4 is 101 Å². The molecule has 69 heavy (non-hydrogen) atoms. The van der Waals surface area contributed by atoms with Crippen LogP contribution in [0, 0.1) is 0 Å². The number of imide groups is 1. The number of H-pyrrole nitrogens is 1. The van der Waals surface area contributed by atoms with Gasteiger partial charge in [0.2, 0.25) is 21.8 Å². The van der Waals surface area contributed by atoms with Crippen LogP contribution < -0.4 is 25.2 Å². The highest BCUT2D eigenvalue weighted by Gasteiger charge is 2.43. The number of aromatic amines is 1. The van der Waals surface area contributed by atoms with Gasteiger partial charge in [-0.1, -0.05) is 54.1 Å². The van der Waals surface area contributed by atoms with Crippen molar-refractivity contribution < 1.29 is 47.3 Å². The fourth-order valence-corrected chi connectivity index (χ4v) is 14.2. The standard InChI is InChI=1S/C50H49ClN6O10S2/c1-50(2)24-31(52-30-8-3-6-28(22-30)45-43(51)44(67-25-41(59)60)46(68-45)49(63)64)18-21-56(50)69(65,66)26-29-7-4-11-36-35(29)23-39(53-36)55-19-16-27(17-20-55)32-12-13-37-42-33(32)9-5-10-34(42)48(62)57(37)38-14-15-40(58)54-47(38)61/h3-13,22-23,27,31,38,52-53H,14-21,24-26H2,1-2H3,(H,59,60)(H,63,64)(H,54,58,61). The van der Waals surface area contributed by atoms with Gasteiger partial charge >= 0.3 is 11.9 Å². The minimum absolute atomic E-state index is 0.0117. The Morgan fingerprint density at radius 3 is 2.43 bits per heavy atom. The lowest BCUT2D eigenvalue weighted by Gasteiger charge is -2.45. The Morgan fingerprint density at radius 1 is 0.928 bits per heavy atom. The van der Waals surface area contributed by atoms with Crippen molar-refractivity contribution in [3.05, 3.63) is 105 Å². The summed E-state index contributed by atoms with van der Waals surface area (Å²) in [5, 5.41) is 27.5. The highest BCUT2D eigenvalue weighted by atomic mass is 35.5. The number of ether oxygens (including phenoxy) is 1. The molecule has 2 atom stereocenters. The molecule has 0 spiro atoms. The molecule has 3 fully saturated rings. The normalized spacial score (nSPS) is 19.9. The zero-order chi connectivity index (χ0) is 48.5. The van der Waals surface area contributed by atoms with Crippen molar-refractivity contribution in [2.24, 2.45) is 0 Å². The van der Waals surface area contributed by atoms with Crippen LogP contribution in [-0.4, -0.2) is 101 Å². The second-order valence-electron chi connectivity index (χ2n) is 18.8. The number of rotatable bonds is 13. The van der Waals surface area contributed by atoms with Crippen LogP contribution in [0.4, 0.5) is 17.2 Å². The van der Waals surface area contributed by atoms with E-state index in [2.05, 4.69) is 32.7 Å². The van der Waals surface area contributed by atoms with Gasteiger partial charge in [0, 0.05) is 65.2 Å². The van der Waals surface area contributed by atoms with E-state index in [1.54, 1.807) is 27.4 Å². The van der Waals surface area contributed by atoms with E-state index in [0.717, 1.165) is 76.0 Å². The third-order valence-corrected chi connectivity index (χ3v) is 17.6.